The van der Waals surface area contributed by atoms with Crippen molar-refractivity contribution in [1.82, 2.24) is 20.4 Å². The van der Waals surface area contributed by atoms with Gasteiger partial charge in [0.2, 0.25) is 0 Å². The molecule has 0 aliphatic carbocycles. The third-order valence-electron chi connectivity index (χ3n) is 3.12. The van der Waals surface area contributed by atoms with E-state index in [-0.39, 0.29) is 12.1 Å². The lowest BCUT2D eigenvalue weighted by atomic mass is 10.2. The van der Waals surface area contributed by atoms with Crippen molar-refractivity contribution in [3.63, 3.8) is 0 Å². The Morgan fingerprint density at radius 1 is 1.32 bits per heavy atom. The van der Waals surface area contributed by atoms with Crippen molar-refractivity contribution in [3.05, 3.63) is 47.8 Å². The standard InChI is InChI=1S/C16H22N4O2/c1-12-4-6-15(7-5-12)22-13(2)8-17-16(21)18-9-14-10-19-20(3)11-14/h4-7,10-11,13H,8-9H2,1-3H3,(H2,17,18,21)/t13-/m0/s1. The first-order valence-electron chi connectivity index (χ1n) is 7.25. The Hall–Kier alpha value is -2.50. The van der Waals surface area contributed by atoms with Crippen LogP contribution in [0.5, 0.6) is 5.75 Å². The molecular weight excluding hydrogens is 280 g/mol. The molecule has 0 saturated carbocycles. The molecule has 2 rings (SSSR count). The van der Waals surface area contributed by atoms with E-state index in [1.807, 2.05) is 51.4 Å². The molecule has 1 atom stereocenters. The van der Waals surface area contributed by atoms with E-state index in [9.17, 15) is 4.79 Å². The molecule has 0 bridgehead atoms. The maximum atomic E-state index is 11.7. The maximum Gasteiger partial charge on any atom is 0.315 e. The zero-order valence-electron chi connectivity index (χ0n) is 13.2. The van der Waals surface area contributed by atoms with Gasteiger partial charge in [0.25, 0.3) is 0 Å². The molecule has 0 radical (unpaired) electrons. The second-order valence-electron chi connectivity index (χ2n) is 5.33. The highest BCUT2D eigenvalue weighted by Gasteiger charge is 2.07. The van der Waals surface area contributed by atoms with Crippen molar-refractivity contribution >= 4 is 6.03 Å². The normalized spacial score (nSPS) is 11.8. The van der Waals surface area contributed by atoms with E-state index in [2.05, 4.69) is 15.7 Å². The number of urea groups is 1. The summed E-state index contributed by atoms with van der Waals surface area (Å²) in [5, 5.41) is 9.62. The molecule has 0 unspecified atom stereocenters. The molecule has 6 nitrogen and oxygen atoms in total. The van der Waals surface area contributed by atoms with E-state index in [1.54, 1.807) is 10.9 Å². The summed E-state index contributed by atoms with van der Waals surface area (Å²) in [7, 11) is 1.84. The van der Waals surface area contributed by atoms with Crippen molar-refractivity contribution in [2.24, 2.45) is 7.05 Å². The van der Waals surface area contributed by atoms with Gasteiger partial charge >= 0.3 is 6.03 Å². The molecule has 118 valence electrons. The van der Waals surface area contributed by atoms with Gasteiger partial charge in [0.05, 0.1) is 12.7 Å². The van der Waals surface area contributed by atoms with Gasteiger partial charge in [-0.2, -0.15) is 5.10 Å². The smallest absolute Gasteiger partial charge is 0.315 e. The monoisotopic (exact) mass is 302 g/mol. The maximum absolute atomic E-state index is 11.7. The minimum Gasteiger partial charge on any atom is -0.489 e. The zero-order valence-corrected chi connectivity index (χ0v) is 13.2. The van der Waals surface area contributed by atoms with Gasteiger partial charge in [0.15, 0.2) is 0 Å². The second-order valence-corrected chi connectivity index (χ2v) is 5.33. The highest BCUT2D eigenvalue weighted by molar-refractivity contribution is 5.73. The molecule has 0 aliphatic rings. The molecule has 0 saturated heterocycles. The van der Waals surface area contributed by atoms with E-state index in [0.29, 0.717) is 13.1 Å². The van der Waals surface area contributed by atoms with Crippen molar-refractivity contribution < 1.29 is 9.53 Å². The Labute approximate surface area is 130 Å². The van der Waals surface area contributed by atoms with Crippen molar-refractivity contribution in [3.8, 4) is 5.75 Å². The number of nitrogens with one attached hydrogen (secondary N) is 2. The average molecular weight is 302 g/mol. The second kappa shape index (κ2) is 7.49. The quantitative estimate of drug-likeness (QED) is 0.857. The van der Waals surface area contributed by atoms with Crippen molar-refractivity contribution in [2.45, 2.75) is 26.5 Å². The first-order valence-corrected chi connectivity index (χ1v) is 7.25. The largest absolute Gasteiger partial charge is 0.489 e. The van der Waals surface area contributed by atoms with E-state index in [0.717, 1.165) is 11.3 Å². The van der Waals surface area contributed by atoms with Crippen LogP contribution >= 0.6 is 0 Å². The Morgan fingerprint density at radius 2 is 2.05 bits per heavy atom. The molecule has 1 heterocycles. The van der Waals surface area contributed by atoms with Crippen LogP contribution in [0.15, 0.2) is 36.7 Å². The molecule has 2 N–H and O–H groups in total. The predicted molar refractivity (Wildman–Crippen MR) is 84.7 cm³/mol. The van der Waals surface area contributed by atoms with E-state index >= 15 is 0 Å². The van der Waals surface area contributed by atoms with Gasteiger partial charge in [-0.05, 0) is 26.0 Å². The van der Waals surface area contributed by atoms with Gasteiger partial charge in [-0.25, -0.2) is 4.79 Å². The number of hydrogen-bond donors (Lipinski definition) is 2. The van der Waals surface area contributed by atoms with Gasteiger partial charge in [0, 0.05) is 25.4 Å². The molecule has 22 heavy (non-hydrogen) atoms. The number of ether oxygens (including phenoxy) is 1. The Balaban J connectivity index is 1.68. The zero-order chi connectivity index (χ0) is 15.9. The fourth-order valence-corrected chi connectivity index (χ4v) is 1.94. The number of carbonyl (C=O) groups excluding carboxylic acids is 1. The van der Waals surface area contributed by atoms with Crippen LogP contribution in [0.2, 0.25) is 0 Å². The lowest BCUT2D eigenvalue weighted by Gasteiger charge is -2.15. The van der Waals surface area contributed by atoms with Crippen LogP contribution in [-0.4, -0.2) is 28.5 Å². The minimum atomic E-state index is -0.219. The molecule has 0 fully saturated rings. The fraction of sp³-hybridized carbons (Fsp3) is 0.375. The number of nitrogens with zero attached hydrogens (tertiary/aromatic N) is 2. The molecule has 2 aromatic rings. The minimum absolute atomic E-state index is 0.105. The van der Waals surface area contributed by atoms with Gasteiger partial charge in [-0.3, -0.25) is 4.68 Å². The van der Waals surface area contributed by atoms with Crippen molar-refractivity contribution in [1.29, 1.82) is 0 Å². The number of hydrogen-bond acceptors (Lipinski definition) is 3. The lowest BCUT2D eigenvalue weighted by Crippen LogP contribution is -2.40. The number of carbonyl (C=O) groups is 1. The third kappa shape index (κ3) is 5.12. The summed E-state index contributed by atoms with van der Waals surface area (Å²) < 4.78 is 7.43. The Kier molecular flexibility index (Phi) is 5.41. The summed E-state index contributed by atoms with van der Waals surface area (Å²) in [5.74, 6) is 0.802. The van der Waals surface area contributed by atoms with E-state index in [1.165, 1.54) is 5.56 Å². The number of rotatable bonds is 6. The van der Waals surface area contributed by atoms with E-state index in [4.69, 9.17) is 4.74 Å². The Bertz CT molecular complexity index is 607. The SMILES string of the molecule is Cc1ccc(O[C@@H](C)CNC(=O)NCc2cnn(C)c2)cc1. The van der Waals surface area contributed by atoms with Crippen molar-refractivity contribution in [2.75, 3.05) is 6.54 Å². The van der Waals surface area contributed by atoms with Crippen LogP contribution < -0.4 is 15.4 Å². The van der Waals surface area contributed by atoms with Gasteiger partial charge in [-0.15, -0.1) is 0 Å². The third-order valence-corrected chi connectivity index (χ3v) is 3.12. The molecule has 1 aromatic heterocycles. The van der Waals surface area contributed by atoms with Gasteiger partial charge in [0.1, 0.15) is 11.9 Å². The van der Waals surface area contributed by atoms with Crippen LogP contribution in [0.3, 0.4) is 0 Å². The van der Waals surface area contributed by atoms with E-state index < -0.39 is 0 Å². The summed E-state index contributed by atoms with van der Waals surface area (Å²) in [4.78, 5) is 11.7. The summed E-state index contributed by atoms with van der Waals surface area (Å²) in [6.45, 7) is 4.84. The van der Waals surface area contributed by atoms with Crippen LogP contribution in [0, 0.1) is 6.92 Å². The molecular formula is C16H22N4O2. The molecule has 6 heteroatoms. The molecule has 0 aliphatic heterocycles. The Morgan fingerprint density at radius 3 is 2.68 bits per heavy atom. The highest BCUT2D eigenvalue weighted by Crippen LogP contribution is 2.12. The number of aromatic nitrogens is 2. The summed E-state index contributed by atoms with van der Waals surface area (Å²) in [5.41, 5.74) is 2.15. The highest BCUT2D eigenvalue weighted by atomic mass is 16.5. The number of benzene rings is 1. The average Bonchev–Trinajstić information content (AvgIpc) is 2.91. The van der Waals surface area contributed by atoms with Gasteiger partial charge < -0.3 is 15.4 Å². The number of amides is 2. The predicted octanol–water partition coefficient (Wildman–Crippen LogP) is 2.00. The van der Waals surface area contributed by atoms with Crippen LogP contribution in [0.1, 0.15) is 18.1 Å². The summed E-state index contributed by atoms with van der Waals surface area (Å²) >= 11 is 0. The first kappa shape index (κ1) is 15.9. The number of aryl methyl sites for hydroxylation is 2. The van der Waals surface area contributed by atoms with Gasteiger partial charge in [-0.1, -0.05) is 17.7 Å². The fourth-order valence-electron chi connectivity index (χ4n) is 1.94. The summed E-state index contributed by atoms with van der Waals surface area (Å²) in [6.07, 6.45) is 3.49. The topological polar surface area (TPSA) is 68.2 Å². The van der Waals surface area contributed by atoms with Crippen LogP contribution in [0.25, 0.3) is 0 Å². The lowest BCUT2D eigenvalue weighted by molar-refractivity contribution is 0.207. The molecule has 0 spiro atoms. The first-order chi connectivity index (χ1) is 10.5. The van der Waals surface area contributed by atoms with Crippen LogP contribution in [0.4, 0.5) is 4.79 Å². The molecule has 2 amide bonds. The van der Waals surface area contributed by atoms with Crippen LogP contribution in [-0.2, 0) is 13.6 Å². The molecule has 1 aromatic carbocycles. The summed E-state index contributed by atoms with van der Waals surface area (Å²) in [6, 6.07) is 7.62.